The molecule has 0 fully saturated rings. The van der Waals surface area contributed by atoms with Crippen LogP contribution >= 0.6 is 11.8 Å². The zero-order valence-corrected chi connectivity index (χ0v) is 10.6. The van der Waals surface area contributed by atoms with Crippen molar-refractivity contribution in [2.24, 2.45) is 5.92 Å². The first kappa shape index (κ1) is 14.3. The van der Waals surface area contributed by atoms with Gasteiger partial charge in [0.15, 0.2) is 0 Å². The molecule has 0 aromatic heterocycles. The molecule has 0 aliphatic heterocycles. The summed E-state index contributed by atoms with van der Waals surface area (Å²) in [6.07, 6.45) is 2.41. The highest BCUT2D eigenvalue weighted by Crippen LogP contribution is 2.09. The van der Waals surface area contributed by atoms with E-state index in [9.17, 15) is 0 Å². The van der Waals surface area contributed by atoms with Gasteiger partial charge in [-0.05, 0) is 31.1 Å². The highest BCUT2D eigenvalue weighted by atomic mass is 32.2. The molecule has 1 unspecified atom stereocenters. The van der Waals surface area contributed by atoms with Gasteiger partial charge in [0.2, 0.25) is 0 Å². The molecule has 0 spiro atoms. The van der Waals surface area contributed by atoms with Crippen LogP contribution < -0.4 is 5.32 Å². The Morgan fingerprint density at radius 3 is 2.57 bits per heavy atom. The van der Waals surface area contributed by atoms with Crippen molar-refractivity contribution in [1.82, 2.24) is 5.32 Å². The normalized spacial score (nSPS) is 13.5. The Morgan fingerprint density at radius 2 is 2.07 bits per heavy atom. The van der Waals surface area contributed by atoms with Crippen molar-refractivity contribution in [1.29, 1.82) is 0 Å². The lowest BCUT2D eigenvalue weighted by molar-refractivity contribution is 0.254. The number of hydrogen-bond acceptors (Lipinski definition) is 3. The van der Waals surface area contributed by atoms with Gasteiger partial charge in [-0.25, -0.2) is 0 Å². The SMILES string of the molecule is CCCNC(CO)CSCCC(C)C. The van der Waals surface area contributed by atoms with E-state index in [0.29, 0.717) is 0 Å². The third-order valence-electron chi connectivity index (χ3n) is 2.06. The Bertz CT molecular complexity index is 120. The highest BCUT2D eigenvalue weighted by Gasteiger charge is 2.05. The largest absolute Gasteiger partial charge is 0.395 e. The van der Waals surface area contributed by atoms with E-state index in [0.717, 1.165) is 24.6 Å². The van der Waals surface area contributed by atoms with Gasteiger partial charge in [-0.15, -0.1) is 0 Å². The van der Waals surface area contributed by atoms with Crippen LogP contribution in [0.3, 0.4) is 0 Å². The Morgan fingerprint density at radius 1 is 1.36 bits per heavy atom. The number of aliphatic hydroxyl groups is 1. The van der Waals surface area contributed by atoms with Gasteiger partial charge in [0, 0.05) is 11.8 Å². The molecule has 2 N–H and O–H groups in total. The lowest BCUT2D eigenvalue weighted by Crippen LogP contribution is -2.35. The predicted octanol–water partition coefficient (Wildman–Crippen LogP) is 2.13. The van der Waals surface area contributed by atoms with Crippen LogP contribution in [0.4, 0.5) is 0 Å². The summed E-state index contributed by atoms with van der Waals surface area (Å²) < 4.78 is 0. The fraction of sp³-hybridized carbons (Fsp3) is 1.00. The van der Waals surface area contributed by atoms with E-state index in [1.54, 1.807) is 0 Å². The van der Waals surface area contributed by atoms with Crippen LogP contribution in [0.2, 0.25) is 0 Å². The Balaban J connectivity index is 3.33. The topological polar surface area (TPSA) is 32.3 Å². The average Bonchev–Trinajstić information content (AvgIpc) is 2.16. The maximum absolute atomic E-state index is 9.09. The third-order valence-corrected chi connectivity index (χ3v) is 3.22. The molecule has 1 atom stereocenters. The standard InChI is InChI=1S/C11H25NOS/c1-4-6-12-11(8-13)9-14-7-5-10(2)3/h10-13H,4-9H2,1-3H3. The van der Waals surface area contributed by atoms with Gasteiger partial charge in [0.25, 0.3) is 0 Å². The molecule has 0 aromatic rings. The van der Waals surface area contributed by atoms with Crippen molar-refractivity contribution in [2.75, 3.05) is 24.7 Å². The van der Waals surface area contributed by atoms with Gasteiger partial charge in [-0.1, -0.05) is 20.8 Å². The molecule has 2 nitrogen and oxygen atoms in total. The van der Waals surface area contributed by atoms with Crippen LogP contribution in [0.5, 0.6) is 0 Å². The molecule has 0 bridgehead atoms. The molecular formula is C11H25NOS. The number of rotatable bonds is 9. The summed E-state index contributed by atoms with van der Waals surface area (Å²) in [6, 6.07) is 0.284. The van der Waals surface area contributed by atoms with E-state index < -0.39 is 0 Å². The minimum Gasteiger partial charge on any atom is -0.395 e. The lowest BCUT2D eigenvalue weighted by atomic mass is 10.2. The molecule has 0 heterocycles. The Hall–Kier alpha value is 0.270. The number of aliphatic hydroxyl groups excluding tert-OH is 1. The average molecular weight is 219 g/mol. The molecule has 0 rings (SSSR count). The second kappa shape index (κ2) is 9.81. The van der Waals surface area contributed by atoms with Crippen LogP contribution in [-0.2, 0) is 0 Å². The van der Waals surface area contributed by atoms with E-state index in [2.05, 4.69) is 26.1 Å². The lowest BCUT2D eigenvalue weighted by Gasteiger charge is -2.15. The molecule has 0 aromatic carbocycles. The molecule has 0 amide bonds. The number of hydrogen-bond donors (Lipinski definition) is 2. The summed E-state index contributed by atoms with van der Waals surface area (Å²) in [5.74, 6) is 3.03. The third kappa shape index (κ3) is 8.85. The summed E-state index contributed by atoms with van der Waals surface area (Å²) in [4.78, 5) is 0. The predicted molar refractivity (Wildman–Crippen MR) is 65.9 cm³/mol. The molecule has 0 aliphatic rings. The van der Waals surface area contributed by atoms with Crippen molar-refractivity contribution in [3.8, 4) is 0 Å². The van der Waals surface area contributed by atoms with Crippen LogP contribution in [0.15, 0.2) is 0 Å². The van der Waals surface area contributed by atoms with E-state index >= 15 is 0 Å². The minimum atomic E-state index is 0.259. The van der Waals surface area contributed by atoms with E-state index in [1.807, 2.05) is 11.8 Å². The first-order valence-corrected chi connectivity index (χ1v) is 6.78. The van der Waals surface area contributed by atoms with Gasteiger partial charge in [0.1, 0.15) is 0 Å². The van der Waals surface area contributed by atoms with E-state index in [-0.39, 0.29) is 12.6 Å². The molecule has 0 aliphatic carbocycles. The van der Waals surface area contributed by atoms with Gasteiger partial charge in [-0.2, -0.15) is 11.8 Å². The summed E-state index contributed by atoms with van der Waals surface area (Å²) in [6.45, 7) is 7.91. The Labute approximate surface area is 92.9 Å². The van der Waals surface area contributed by atoms with Gasteiger partial charge in [0.05, 0.1) is 6.61 Å². The zero-order chi connectivity index (χ0) is 10.8. The maximum Gasteiger partial charge on any atom is 0.0592 e. The van der Waals surface area contributed by atoms with Crippen molar-refractivity contribution in [3.63, 3.8) is 0 Å². The van der Waals surface area contributed by atoms with Crippen molar-refractivity contribution >= 4 is 11.8 Å². The maximum atomic E-state index is 9.09. The fourth-order valence-electron chi connectivity index (χ4n) is 1.07. The van der Waals surface area contributed by atoms with Crippen LogP contribution in [0.1, 0.15) is 33.6 Å². The second-order valence-corrected chi connectivity index (χ2v) is 5.24. The zero-order valence-electron chi connectivity index (χ0n) is 9.75. The minimum absolute atomic E-state index is 0.259. The quantitative estimate of drug-likeness (QED) is 0.583. The molecular weight excluding hydrogens is 194 g/mol. The Kier molecular flexibility index (Phi) is 10.0. The van der Waals surface area contributed by atoms with Crippen molar-refractivity contribution < 1.29 is 5.11 Å². The number of thioether (sulfide) groups is 1. The monoisotopic (exact) mass is 219 g/mol. The molecule has 3 heteroatoms. The van der Waals surface area contributed by atoms with E-state index in [4.69, 9.17) is 5.11 Å². The smallest absolute Gasteiger partial charge is 0.0592 e. The molecule has 14 heavy (non-hydrogen) atoms. The summed E-state index contributed by atoms with van der Waals surface area (Å²) >= 11 is 1.94. The highest BCUT2D eigenvalue weighted by molar-refractivity contribution is 7.99. The van der Waals surface area contributed by atoms with Crippen molar-refractivity contribution in [2.45, 2.75) is 39.7 Å². The first-order chi connectivity index (χ1) is 6.70. The number of nitrogens with one attached hydrogen (secondary N) is 1. The van der Waals surface area contributed by atoms with Gasteiger partial charge < -0.3 is 10.4 Å². The second-order valence-electron chi connectivity index (χ2n) is 4.09. The van der Waals surface area contributed by atoms with Crippen LogP contribution in [-0.4, -0.2) is 35.8 Å². The fourth-order valence-corrected chi connectivity index (χ4v) is 2.38. The summed E-state index contributed by atoms with van der Waals surface area (Å²) in [5.41, 5.74) is 0. The van der Waals surface area contributed by atoms with Gasteiger partial charge in [-0.3, -0.25) is 0 Å². The van der Waals surface area contributed by atoms with E-state index in [1.165, 1.54) is 12.2 Å². The molecule has 0 saturated heterocycles. The summed E-state index contributed by atoms with van der Waals surface area (Å²) in [7, 11) is 0. The summed E-state index contributed by atoms with van der Waals surface area (Å²) in [5, 5.41) is 12.4. The van der Waals surface area contributed by atoms with Crippen LogP contribution in [0, 0.1) is 5.92 Å². The van der Waals surface area contributed by atoms with Crippen LogP contribution in [0.25, 0.3) is 0 Å². The molecule has 86 valence electrons. The molecule has 0 saturated carbocycles. The van der Waals surface area contributed by atoms with Crippen molar-refractivity contribution in [3.05, 3.63) is 0 Å². The molecule has 0 radical (unpaired) electrons. The van der Waals surface area contributed by atoms with Gasteiger partial charge >= 0.3 is 0 Å². The first-order valence-electron chi connectivity index (χ1n) is 5.62.